The molecule has 1 fully saturated rings. The van der Waals surface area contributed by atoms with Crippen molar-refractivity contribution in [2.75, 3.05) is 13.1 Å². The van der Waals surface area contributed by atoms with E-state index in [0.29, 0.717) is 25.4 Å². The third kappa shape index (κ3) is 3.60. The van der Waals surface area contributed by atoms with Crippen molar-refractivity contribution in [2.24, 2.45) is 5.92 Å². The number of benzene rings is 1. The molecule has 1 aromatic carbocycles. The van der Waals surface area contributed by atoms with Gasteiger partial charge in [0.25, 0.3) is 11.7 Å². The molecule has 1 atom stereocenters. The minimum Gasteiger partial charge on any atom is -0.448 e. The molecule has 4 aliphatic rings. The molecule has 1 amide bonds. The van der Waals surface area contributed by atoms with Gasteiger partial charge in [-0.25, -0.2) is 0 Å². The summed E-state index contributed by atoms with van der Waals surface area (Å²) in [5, 5.41) is 0. The second kappa shape index (κ2) is 8.03. The largest absolute Gasteiger partial charge is 0.448 e. The zero-order valence-corrected chi connectivity index (χ0v) is 20.6. The summed E-state index contributed by atoms with van der Waals surface area (Å²) < 4.78 is 13.1. The lowest BCUT2D eigenvalue weighted by atomic mass is 9.84. The molecule has 33 heavy (non-hydrogen) atoms. The molecule has 1 unspecified atom stereocenters. The van der Waals surface area contributed by atoms with Crippen LogP contribution in [-0.4, -0.2) is 35.5 Å². The van der Waals surface area contributed by atoms with Crippen LogP contribution in [0.25, 0.3) is 0 Å². The van der Waals surface area contributed by atoms with Crippen LogP contribution in [-0.2, 0) is 11.2 Å². The number of hydrogen-bond acceptors (Lipinski definition) is 4. The van der Waals surface area contributed by atoms with Gasteiger partial charge in [0.15, 0.2) is 17.3 Å². The van der Waals surface area contributed by atoms with Gasteiger partial charge in [0, 0.05) is 49.1 Å². The van der Waals surface area contributed by atoms with E-state index in [2.05, 4.69) is 19.9 Å². The molecule has 2 heterocycles. The zero-order chi connectivity index (χ0) is 23.5. The molecular formula is C28H35NO4. The van der Waals surface area contributed by atoms with Crippen LogP contribution in [0.15, 0.2) is 22.8 Å². The summed E-state index contributed by atoms with van der Waals surface area (Å²) in [6, 6.07) is 0. The summed E-state index contributed by atoms with van der Waals surface area (Å²) in [7, 11) is 0. The Balaban J connectivity index is 1.47. The normalized spacial score (nSPS) is 25.5. The molecule has 1 saturated carbocycles. The van der Waals surface area contributed by atoms with E-state index in [1.165, 1.54) is 19.3 Å². The maximum atomic E-state index is 13.7. The van der Waals surface area contributed by atoms with Gasteiger partial charge >= 0.3 is 0 Å². The van der Waals surface area contributed by atoms with Gasteiger partial charge in [0.05, 0.1) is 0 Å². The van der Waals surface area contributed by atoms with Crippen LogP contribution < -0.4 is 9.47 Å². The number of hydrogen-bond donors (Lipinski definition) is 0. The van der Waals surface area contributed by atoms with Crippen molar-refractivity contribution in [3.05, 3.63) is 45.0 Å². The first-order chi connectivity index (χ1) is 15.7. The Bertz CT molecular complexity index is 1110. The molecule has 0 radical (unpaired) electrons. The van der Waals surface area contributed by atoms with Crippen LogP contribution in [0.3, 0.4) is 0 Å². The van der Waals surface area contributed by atoms with E-state index in [0.717, 1.165) is 69.7 Å². The Morgan fingerprint density at radius 3 is 2.33 bits per heavy atom. The fraction of sp³-hybridized carbons (Fsp3) is 0.571. The monoisotopic (exact) mass is 449 g/mol. The van der Waals surface area contributed by atoms with Crippen LogP contribution in [0, 0.1) is 19.8 Å². The fourth-order valence-electron chi connectivity index (χ4n) is 6.22. The average molecular weight is 450 g/mol. The van der Waals surface area contributed by atoms with Gasteiger partial charge in [-0.15, -0.1) is 0 Å². The fourth-order valence-corrected chi connectivity index (χ4v) is 6.22. The lowest BCUT2D eigenvalue weighted by molar-refractivity contribution is -0.120. The number of carbonyl (C=O) groups excluding carboxylic acids is 2. The molecule has 176 valence electrons. The number of Topliss-reactive ketones (excluding diaryl/α,β-unsaturated/α-hetero) is 1. The highest BCUT2D eigenvalue weighted by atomic mass is 16.7. The second-order valence-corrected chi connectivity index (χ2v) is 10.5. The van der Waals surface area contributed by atoms with Gasteiger partial charge in [0.1, 0.15) is 0 Å². The summed E-state index contributed by atoms with van der Waals surface area (Å²) in [6.07, 6.45) is 9.23. The topological polar surface area (TPSA) is 55.8 Å². The standard InChI is InChI=1S/C28H35NO4/c1-16-13-17(2)22(23(30)14-16)15-29-12-11-21-18(3)25-26(19(4)24(21)27(29)31)33-28(5,32-25)20-9-7-6-8-10-20/h13,20H,6-12,14-15H2,1-5H3. The lowest BCUT2D eigenvalue weighted by Gasteiger charge is -2.34. The quantitative estimate of drug-likeness (QED) is 0.602. The summed E-state index contributed by atoms with van der Waals surface area (Å²) in [6.45, 7) is 11.0. The smallest absolute Gasteiger partial charge is 0.254 e. The molecule has 5 nitrogen and oxygen atoms in total. The molecule has 0 bridgehead atoms. The Hall–Kier alpha value is -2.56. The van der Waals surface area contributed by atoms with Gasteiger partial charge in [0.2, 0.25) is 0 Å². The molecule has 5 heteroatoms. The van der Waals surface area contributed by atoms with Gasteiger partial charge in [-0.1, -0.05) is 30.9 Å². The number of carbonyl (C=O) groups is 2. The van der Waals surface area contributed by atoms with E-state index in [1.807, 2.05) is 25.7 Å². The van der Waals surface area contributed by atoms with Crippen LogP contribution >= 0.6 is 0 Å². The predicted octanol–water partition coefficient (Wildman–Crippen LogP) is 5.61. The van der Waals surface area contributed by atoms with Gasteiger partial charge in [-0.3, -0.25) is 9.59 Å². The van der Waals surface area contributed by atoms with Crippen LogP contribution in [0.1, 0.15) is 86.3 Å². The van der Waals surface area contributed by atoms with E-state index in [4.69, 9.17) is 9.47 Å². The maximum Gasteiger partial charge on any atom is 0.254 e. The van der Waals surface area contributed by atoms with E-state index < -0.39 is 5.79 Å². The molecule has 5 rings (SSSR count). The number of rotatable bonds is 3. The van der Waals surface area contributed by atoms with Crippen molar-refractivity contribution >= 4 is 11.7 Å². The summed E-state index contributed by atoms with van der Waals surface area (Å²) in [4.78, 5) is 28.2. The average Bonchev–Trinajstić information content (AvgIpc) is 3.15. The Morgan fingerprint density at radius 1 is 1.00 bits per heavy atom. The SMILES string of the molecule is CC1=CC(C)=C(CN2CCc3c(C)c4c(c(C)c3C2=O)OC(C)(C2CCCCC2)O4)C(=O)C1. The van der Waals surface area contributed by atoms with E-state index in [1.54, 1.807) is 0 Å². The number of amides is 1. The highest BCUT2D eigenvalue weighted by Gasteiger charge is 2.47. The minimum atomic E-state index is -0.661. The van der Waals surface area contributed by atoms with Crippen LogP contribution in [0.5, 0.6) is 11.5 Å². The number of ketones is 1. The zero-order valence-electron chi connectivity index (χ0n) is 20.6. The number of ether oxygens (including phenoxy) is 2. The first kappa shape index (κ1) is 22.2. The number of nitrogens with zero attached hydrogens (tertiary/aromatic N) is 1. The second-order valence-electron chi connectivity index (χ2n) is 10.5. The first-order valence-electron chi connectivity index (χ1n) is 12.4. The summed E-state index contributed by atoms with van der Waals surface area (Å²) in [5.41, 5.74) is 6.53. The van der Waals surface area contributed by atoms with Crippen molar-refractivity contribution in [1.82, 2.24) is 4.90 Å². The van der Waals surface area contributed by atoms with Crippen molar-refractivity contribution < 1.29 is 19.1 Å². The first-order valence-corrected chi connectivity index (χ1v) is 12.4. The van der Waals surface area contributed by atoms with Gasteiger partial charge in [-0.2, -0.15) is 0 Å². The Kier molecular flexibility index (Phi) is 5.42. The molecular weight excluding hydrogens is 414 g/mol. The summed E-state index contributed by atoms with van der Waals surface area (Å²) in [5.74, 6) is 1.39. The Morgan fingerprint density at radius 2 is 1.67 bits per heavy atom. The lowest BCUT2D eigenvalue weighted by Crippen LogP contribution is -2.44. The maximum absolute atomic E-state index is 13.7. The van der Waals surface area contributed by atoms with Gasteiger partial charge in [-0.05, 0) is 63.7 Å². The third-order valence-electron chi connectivity index (χ3n) is 8.17. The van der Waals surface area contributed by atoms with Crippen LogP contribution in [0.2, 0.25) is 0 Å². The van der Waals surface area contributed by atoms with Crippen LogP contribution in [0.4, 0.5) is 0 Å². The Labute approximate surface area is 196 Å². The van der Waals surface area contributed by atoms with Crippen molar-refractivity contribution in [3.63, 3.8) is 0 Å². The molecule has 2 aliphatic heterocycles. The third-order valence-corrected chi connectivity index (χ3v) is 8.17. The minimum absolute atomic E-state index is 0.00565. The van der Waals surface area contributed by atoms with E-state index in [9.17, 15) is 9.59 Å². The summed E-state index contributed by atoms with van der Waals surface area (Å²) >= 11 is 0. The van der Waals surface area contributed by atoms with Crippen molar-refractivity contribution in [3.8, 4) is 11.5 Å². The number of allylic oxidation sites excluding steroid dienone is 3. The molecule has 0 N–H and O–H groups in total. The highest BCUT2D eigenvalue weighted by molar-refractivity contribution is 6.03. The molecule has 0 saturated heterocycles. The van der Waals surface area contributed by atoms with Crippen molar-refractivity contribution in [2.45, 2.75) is 85.4 Å². The number of fused-ring (bicyclic) bond motifs is 2. The molecule has 0 aromatic heterocycles. The van der Waals surface area contributed by atoms with Gasteiger partial charge < -0.3 is 14.4 Å². The highest BCUT2D eigenvalue weighted by Crippen LogP contribution is 2.51. The molecule has 1 aromatic rings. The van der Waals surface area contributed by atoms with E-state index in [-0.39, 0.29) is 11.7 Å². The molecule has 2 aliphatic carbocycles. The molecule has 0 spiro atoms. The van der Waals surface area contributed by atoms with Crippen molar-refractivity contribution in [1.29, 1.82) is 0 Å². The predicted molar refractivity (Wildman–Crippen MR) is 128 cm³/mol. The van der Waals surface area contributed by atoms with E-state index >= 15 is 0 Å².